The Labute approximate surface area is 220 Å². The van der Waals surface area contributed by atoms with Crippen molar-refractivity contribution in [1.82, 2.24) is 13.6 Å². The van der Waals surface area contributed by atoms with Crippen LogP contribution in [0.3, 0.4) is 0 Å². The predicted octanol–water partition coefficient (Wildman–Crippen LogP) is 1.20. The predicted molar refractivity (Wildman–Crippen MR) is 132 cm³/mol. The van der Waals surface area contributed by atoms with Crippen molar-refractivity contribution >= 4 is 41.4 Å². The van der Waals surface area contributed by atoms with Gasteiger partial charge < -0.3 is 33.5 Å². The molecule has 1 saturated heterocycles. The first-order valence-corrected chi connectivity index (χ1v) is 12.7. The summed E-state index contributed by atoms with van der Waals surface area (Å²) in [4.78, 5) is 52.0. The van der Waals surface area contributed by atoms with E-state index in [-0.39, 0.29) is 19.0 Å². The van der Waals surface area contributed by atoms with Crippen molar-refractivity contribution in [1.29, 1.82) is 0 Å². The van der Waals surface area contributed by atoms with Gasteiger partial charge in [0.05, 0.1) is 31.5 Å². The highest BCUT2D eigenvalue weighted by Gasteiger charge is 2.35. The number of morpholine rings is 1. The number of nitrogens with zero attached hydrogens (tertiary/aromatic N) is 4. The molecule has 37 heavy (non-hydrogen) atoms. The van der Waals surface area contributed by atoms with E-state index >= 15 is 0 Å². The van der Waals surface area contributed by atoms with E-state index in [0.717, 1.165) is 11.7 Å². The second-order valence-electron chi connectivity index (χ2n) is 9.49. The maximum Gasteiger partial charge on any atom is 0.347 e. The monoisotopic (exact) mass is 544 g/mol. The first-order chi connectivity index (χ1) is 17.3. The van der Waals surface area contributed by atoms with Crippen LogP contribution in [0.25, 0.3) is 0 Å². The minimum atomic E-state index is -1.16. The van der Waals surface area contributed by atoms with E-state index in [1.54, 1.807) is 20.8 Å². The molecule has 208 valence electrons. The molecule has 2 rings (SSSR count). The maximum absolute atomic E-state index is 13.2. The standard InChI is InChI=1S/C23H36N4O9S/c1-14(34-16(3)28)21(30)27(23(5,6)7)12-18(36-22(31)15(2)35-17(4)29)13-33-20-19(24-37-25-20)26-8-10-32-11-9-26/h14-15,18H,8-13H2,1-7H3/t14?,15?,18-/m0/s1. The molecule has 0 spiro atoms. The number of amides is 1. The Morgan fingerprint density at radius 3 is 2.16 bits per heavy atom. The van der Waals surface area contributed by atoms with Crippen LogP contribution in [-0.2, 0) is 38.1 Å². The van der Waals surface area contributed by atoms with Gasteiger partial charge in [-0.3, -0.25) is 14.4 Å². The molecule has 0 N–H and O–H groups in total. The Hall–Kier alpha value is -3.00. The summed E-state index contributed by atoms with van der Waals surface area (Å²) < 4.78 is 35.5. The molecule has 14 heteroatoms. The number of ether oxygens (including phenoxy) is 5. The highest BCUT2D eigenvalue weighted by Crippen LogP contribution is 2.27. The highest BCUT2D eigenvalue weighted by molar-refractivity contribution is 6.99. The lowest BCUT2D eigenvalue weighted by atomic mass is 10.0. The average molecular weight is 545 g/mol. The number of hydrogen-bond acceptors (Lipinski definition) is 13. The highest BCUT2D eigenvalue weighted by atomic mass is 32.1. The van der Waals surface area contributed by atoms with Gasteiger partial charge in [0, 0.05) is 32.5 Å². The third-order valence-electron chi connectivity index (χ3n) is 5.27. The van der Waals surface area contributed by atoms with Crippen LogP contribution in [0.2, 0.25) is 0 Å². The minimum Gasteiger partial charge on any atom is -0.470 e. The fraction of sp³-hybridized carbons (Fsp3) is 0.739. The number of carbonyl (C=O) groups excluding carboxylic acids is 4. The molecule has 1 aliphatic rings. The van der Waals surface area contributed by atoms with Crippen LogP contribution >= 0.6 is 11.7 Å². The molecule has 0 aromatic carbocycles. The Morgan fingerprint density at radius 2 is 1.59 bits per heavy atom. The first-order valence-electron chi connectivity index (χ1n) is 11.9. The summed E-state index contributed by atoms with van der Waals surface area (Å²) in [5.41, 5.74) is -0.723. The van der Waals surface area contributed by atoms with Crippen LogP contribution in [0.15, 0.2) is 0 Å². The van der Waals surface area contributed by atoms with Crippen molar-refractivity contribution in [3.05, 3.63) is 0 Å². The first kappa shape index (κ1) is 30.2. The summed E-state index contributed by atoms with van der Waals surface area (Å²) >= 11 is 0.984. The van der Waals surface area contributed by atoms with E-state index in [9.17, 15) is 19.2 Å². The SMILES string of the molecule is CC(=O)OC(C)C(=O)O[C@H](COc1nsnc1N1CCOCC1)CN(C(=O)C(C)OC(C)=O)C(C)(C)C. The van der Waals surface area contributed by atoms with Gasteiger partial charge in [0.2, 0.25) is 5.82 Å². The van der Waals surface area contributed by atoms with Gasteiger partial charge in [-0.15, -0.1) is 4.37 Å². The Bertz CT molecular complexity index is 943. The summed E-state index contributed by atoms with van der Waals surface area (Å²) in [7, 11) is 0. The van der Waals surface area contributed by atoms with Gasteiger partial charge in [-0.25, -0.2) is 4.79 Å². The molecule has 1 aromatic rings. The zero-order valence-electron chi connectivity index (χ0n) is 22.3. The molecular weight excluding hydrogens is 508 g/mol. The van der Waals surface area contributed by atoms with Gasteiger partial charge in [-0.05, 0) is 34.6 Å². The Morgan fingerprint density at radius 1 is 1.00 bits per heavy atom. The van der Waals surface area contributed by atoms with E-state index in [1.165, 1.54) is 32.6 Å². The fourth-order valence-electron chi connectivity index (χ4n) is 3.50. The molecule has 1 aliphatic heterocycles. The smallest absolute Gasteiger partial charge is 0.347 e. The lowest BCUT2D eigenvalue weighted by Crippen LogP contribution is -2.54. The van der Waals surface area contributed by atoms with E-state index < -0.39 is 47.7 Å². The second kappa shape index (κ2) is 13.5. The topological polar surface area (TPSA) is 147 Å². The van der Waals surface area contributed by atoms with Gasteiger partial charge in [0.15, 0.2) is 18.3 Å². The zero-order chi connectivity index (χ0) is 27.8. The van der Waals surface area contributed by atoms with E-state index in [2.05, 4.69) is 8.75 Å². The van der Waals surface area contributed by atoms with E-state index in [1.807, 2.05) is 4.90 Å². The third kappa shape index (κ3) is 9.43. The van der Waals surface area contributed by atoms with Crippen LogP contribution in [0.4, 0.5) is 5.82 Å². The number of carbonyl (C=O) groups is 4. The van der Waals surface area contributed by atoms with Crippen LogP contribution in [0.5, 0.6) is 5.88 Å². The van der Waals surface area contributed by atoms with Crippen molar-refractivity contribution in [3.8, 4) is 5.88 Å². The van der Waals surface area contributed by atoms with Crippen molar-refractivity contribution in [2.24, 2.45) is 0 Å². The molecule has 2 heterocycles. The van der Waals surface area contributed by atoms with Crippen molar-refractivity contribution in [2.45, 2.75) is 72.3 Å². The molecular formula is C23H36N4O9S. The van der Waals surface area contributed by atoms with Crippen LogP contribution in [0, 0.1) is 0 Å². The maximum atomic E-state index is 13.2. The summed E-state index contributed by atoms with van der Waals surface area (Å²) in [6, 6.07) is 0. The van der Waals surface area contributed by atoms with Crippen LogP contribution in [0.1, 0.15) is 48.5 Å². The molecule has 3 atom stereocenters. The molecule has 0 bridgehead atoms. The van der Waals surface area contributed by atoms with Gasteiger partial charge in [0.25, 0.3) is 11.8 Å². The number of aromatic nitrogens is 2. The average Bonchev–Trinajstić information content (AvgIpc) is 3.27. The summed E-state index contributed by atoms with van der Waals surface area (Å²) in [5, 5.41) is 0. The number of hydrogen-bond donors (Lipinski definition) is 0. The molecule has 1 aromatic heterocycles. The number of anilines is 1. The van der Waals surface area contributed by atoms with E-state index in [4.69, 9.17) is 23.7 Å². The Kier molecular flexibility index (Phi) is 11.0. The van der Waals surface area contributed by atoms with Crippen molar-refractivity contribution < 1.29 is 42.9 Å². The minimum absolute atomic E-state index is 0.0864. The number of rotatable bonds is 11. The summed E-state index contributed by atoms with van der Waals surface area (Å²) in [5.74, 6) is -1.68. The van der Waals surface area contributed by atoms with Gasteiger partial charge in [-0.1, -0.05) is 0 Å². The van der Waals surface area contributed by atoms with Crippen molar-refractivity contribution in [2.75, 3.05) is 44.4 Å². The van der Waals surface area contributed by atoms with Crippen molar-refractivity contribution in [3.63, 3.8) is 0 Å². The molecule has 2 unspecified atom stereocenters. The lowest BCUT2D eigenvalue weighted by molar-refractivity contribution is -0.173. The zero-order valence-corrected chi connectivity index (χ0v) is 23.2. The summed E-state index contributed by atoms with van der Waals surface area (Å²) in [6.45, 7) is 12.8. The Balaban J connectivity index is 2.24. The summed E-state index contributed by atoms with van der Waals surface area (Å²) in [6.07, 6.45) is -3.19. The van der Waals surface area contributed by atoms with Gasteiger partial charge in [-0.2, -0.15) is 4.37 Å². The van der Waals surface area contributed by atoms with Gasteiger partial charge in [0.1, 0.15) is 6.61 Å². The molecule has 13 nitrogen and oxygen atoms in total. The van der Waals surface area contributed by atoms with Gasteiger partial charge >= 0.3 is 17.9 Å². The lowest BCUT2D eigenvalue weighted by Gasteiger charge is -2.39. The second-order valence-corrected chi connectivity index (χ2v) is 10.0. The molecule has 1 amide bonds. The van der Waals surface area contributed by atoms with Crippen LogP contribution in [-0.4, -0.2) is 101 Å². The normalized spacial score (nSPS) is 16.2. The largest absolute Gasteiger partial charge is 0.470 e. The molecule has 0 radical (unpaired) electrons. The van der Waals surface area contributed by atoms with E-state index in [0.29, 0.717) is 32.1 Å². The molecule has 0 saturated carbocycles. The molecule has 1 fully saturated rings. The molecule has 0 aliphatic carbocycles. The van der Waals surface area contributed by atoms with Crippen LogP contribution < -0.4 is 9.64 Å². The number of esters is 3. The fourth-order valence-corrected chi connectivity index (χ4v) is 4.03. The quantitative estimate of drug-likeness (QED) is 0.291. The third-order valence-corrected chi connectivity index (χ3v) is 5.77.